The number of hydrogen-bond acceptors (Lipinski definition) is 5. The first-order valence-electron chi connectivity index (χ1n) is 9.28. The standard InChI is InChI=1S/C17H32N6O2.HI/c1-4-18-17(19-13-16-21-20-14-22(16)5-2)23-9-7-15(8-10-23)25-12-6-11-24-3;/h14-15H,4-13H2,1-3H3,(H,18,19);1H. The van der Waals surface area contributed by atoms with E-state index in [0.717, 1.165) is 70.4 Å². The first kappa shape index (κ1) is 23.1. The highest BCUT2D eigenvalue weighted by atomic mass is 127. The lowest BCUT2D eigenvalue weighted by atomic mass is 10.1. The monoisotopic (exact) mass is 480 g/mol. The summed E-state index contributed by atoms with van der Waals surface area (Å²) in [6.45, 7) is 9.89. The van der Waals surface area contributed by atoms with Crippen LogP contribution in [0.5, 0.6) is 0 Å². The van der Waals surface area contributed by atoms with Crippen LogP contribution in [-0.2, 0) is 22.6 Å². The normalized spacial score (nSPS) is 15.8. The molecule has 0 unspecified atom stereocenters. The van der Waals surface area contributed by atoms with Gasteiger partial charge in [-0.3, -0.25) is 0 Å². The number of likely N-dealkylation sites (tertiary alicyclic amines) is 1. The fourth-order valence-electron chi connectivity index (χ4n) is 2.92. The second kappa shape index (κ2) is 13.3. The van der Waals surface area contributed by atoms with E-state index in [1.807, 2.05) is 4.57 Å². The van der Waals surface area contributed by atoms with Crippen LogP contribution >= 0.6 is 24.0 Å². The quantitative estimate of drug-likeness (QED) is 0.252. The number of methoxy groups -OCH3 is 1. The van der Waals surface area contributed by atoms with E-state index < -0.39 is 0 Å². The third kappa shape index (κ3) is 7.36. The molecule has 2 heterocycles. The van der Waals surface area contributed by atoms with E-state index in [4.69, 9.17) is 14.5 Å². The van der Waals surface area contributed by atoms with Crippen molar-refractivity contribution in [2.75, 3.05) is 40.0 Å². The number of nitrogens with zero attached hydrogens (tertiary/aromatic N) is 5. The van der Waals surface area contributed by atoms with Crippen LogP contribution in [0.4, 0.5) is 0 Å². The first-order chi connectivity index (χ1) is 12.3. The van der Waals surface area contributed by atoms with Gasteiger partial charge in [-0.05, 0) is 33.1 Å². The molecule has 0 bridgehead atoms. The number of ether oxygens (including phenoxy) is 2. The number of rotatable bonds is 9. The lowest BCUT2D eigenvalue weighted by Crippen LogP contribution is -2.47. The van der Waals surface area contributed by atoms with Gasteiger partial charge < -0.3 is 24.3 Å². The van der Waals surface area contributed by atoms with Gasteiger partial charge in [-0.15, -0.1) is 34.2 Å². The summed E-state index contributed by atoms with van der Waals surface area (Å²) >= 11 is 0. The van der Waals surface area contributed by atoms with Crippen molar-refractivity contribution in [3.63, 3.8) is 0 Å². The van der Waals surface area contributed by atoms with Gasteiger partial charge in [0.15, 0.2) is 11.8 Å². The predicted octanol–water partition coefficient (Wildman–Crippen LogP) is 1.90. The minimum atomic E-state index is 0. The van der Waals surface area contributed by atoms with Gasteiger partial charge in [0.25, 0.3) is 0 Å². The van der Waals surface area contributed by atoms with Crippen LogP contribution in [0.1, 0.15) is 38.9 Å². The minimum Gasteiger partial charge on any atom is -0.385 e. The SMILES string of the molecule is CCNC(=NCc1nncn1CC)N1CCC(OCCCOC)CC1.I. The molecule has 2 rings (SSSR count). The molecule has 1 saturated heterocycles. The zero-order valence-electron chi connectivity index (χ0n) is 16.2. The average molecular weight is 480 g/mol. The van der Waals surface area contributed by atoms with Gasteiger partial charge in [0, 0.05) is 46.5 Å². The molecule has 8 nitrogen and oxygen atoms in total. The molecule has 0 saturated carbocycles. The zero-order chi connectivity index (χ0) is 17.9. The molecule has 1 aromatic rings. The van der Waals surface area contributed by atoms with Gasteiger partial charge >= 0.3 is 0 Å². The number of hydrogen-bond donors (Lipinski definition) is 1. The van der Waals surface area contributed by atoms with Crippen molar-refractivity contribution in [1.82, 2.24) is 25.0 Å². The molecule has 0 spiro atoms. The van der Waals surface area contributed by atoms with E-state index in [9.17, 15) is 0 Å². The highest BCUT2D eigenvalue weighted by Gasteiger charge is 2.22. The molecular formula is C17H33IN6O2. The molecule has 9 heteroatoms. The van der Waals surface area contributed by atoms with Crippen molar-refractivity contribution >= 4 is 29.9 Å². The topological polar surface area (TPSA) is 76.8 Å². The molecule has 0 radical (unpaired) electrons. The van der Waals surface area contributed by atoms with Crippen LogP contribution in [0, 0.1) is 0 Å². The summed E-state index contributed by atoms with van der Waals surface area (Å²) in [5, 5.41) is 11.5. The number of piperidine rings is 1. The van der Waals surface area contributed by atoms with Gasteiger partial charge in [-0.25, -0.2) is 4.99 Å². The lowest BCUT2D eigenvalue weighted by Gasteiger charge is -2.34. The molecule has 1 N–H and O–H groups in total. The Bertz CT molecular complexity index is 517. The van der Waals surface area contributed by atoms with Crippen LogP contribution in [0.15, 0.2) is 11.3 Å². The summed E-state index contributed by atoms with van der Waals surface area (Å²) in [5.74, 6) is 1.85. The Morgan fingerprint density at radius 2 is 2.08 bits per heavy atom. The Labute approximate surface area is 173 Å². The van der Waals surface area contributed by atoms with Crippen LogP contribution < -0.4 is 5.32 Å². The molecule has 0 atom stereocenters. The Morgan fingerprint density at radius 3 is 2.73 bits per heavy atom. The molecule has 1 aliphatic rings. The van der Waals surface area contributed by atoms with Crippen molar-refractivity contribution < 1.29 is 9.47 Å². The van der Waals surface area contributed by atoms with E-state index in [1.165, 1.54) is 0 Å². The zero-order valence-corrected chi connectivity index (χ0v) is 18.5. The number of nitrogens with one attached hydrogen (secondary N) is 1. The van der Waals surface area contributed by atoms with Crippen LogP contribution in [0.2, 0.25) is 0 Å². The van der Waals surface area contributed by atoms with Crippen molar-refractivity contribution in [3.05, 3.63) is 12.2 Å². The van der Waals surface area contributed by atoms with Crippen LogP contribution in [0.25, 0.3) is 0 Å². The third-order valence-electron chi connectivity index (χ3n) is 4.33. The maximum Gasteiger partial charge on any atom is 0.194 e. The largest absolute Gasteiger partial charge is 0.385 e. The molecule has 26 heavy (non-hydrogen) atoms. The third-order valence-corrected chi connectivity index (χ3v) is 4.33. The van der Waals surface area contributed by atoms with Crippen molar-refractivity contribution in [1.29, 1.82) is 0 Å². The summed E-state index contributed by atoms with van der Waals surface area (Å²) < 4.78 is 13.0. The van der Waals surface area contributed by atoms with Crippen molar-refractivity contribution in [2.24, 2.45) is 4.99 Å². The van der Waals surface area contributed by atoms with Gasteiger partial charge in [0.05, 0.1) is 6.10 Å². The molecule has 0 aliphatic carbocycles. The average Bonchev–Trinajstić information content (AvgIpc) is 3.10. The molecule has 150 valence electrons. The van der Waals surface area contributed by atoms with E-state index in [2.05, 4.69) is 34.3 Å². The van der Waals surface area contributed by atoms with E-state index >= 15 is 0 Å². The summed E-state index contributed by atoms with van der Waals surface area (Å²) in [6, 6.07) is 0. The maximum absolute atomic E-state index is 5.93. The van der Waals surface area contributed by atoms with Crippen LogP contribution in [-0.4, -0.2) is 71.7 Å². The van der Waals surface area contributed by atoms with Gasteiger partial charge in [-0.2, -0.15) is 0 Å². The fraction of sp³-hybridized carbons (Fsp3) is 0.824. The summed E-state index contributed by atoms with van der Waals surface area (Å²) in [4.78, 5) is 7.06. The molecule has 0 aromatic carbocycles. The van der Waals surface area contributed by atoms with Gasteiger partial charge in [-0.1, -0.05) is 0 Å². The Balaban J connectivity index is 0.00000338. The fourth-order valence-corrected chi connectivity index (χ4v) is 2.92. The van der Waals surface area contributed by atoms with E-state index in [-0.39, 0.29) is 24.0 Å². The molecule has 0 amide bonds. The van der Waals surface area contributed by atoms with Gasteiger partial charge in [0.1, 0.15) is 12.9 Å². The molecule has 1 aliphatic heterocycles. The van der Waals surface area contributed by atoms with E-state index in [1.54, 1.807) is 13.4 Å². The second-order valence-electron chi connectivity index (χ2n) is 6.11. The van der Waals surface area contributed by atoms with Gasteiger partial charge in [0.2, 0.25) is 0 Å². The van der Waals surface area contributed by atoms with Crippen LogP contribution in [0.3, 0.4) is 0 Å². The maximum atomic E-state index is 5.93. The number of halogens is 1. The Kier molecular flexibility index (Phi) is 11.8. The Morgan fingerprint density at radius 1 is 1.31 bits per heavy atom. The highest BCUT2D eigenvalue weighted by molar-refractivity contribution is 14.0. The number of aromatic nitrogens is 3. The summed E-state index contributed by atoms with van der Waals surface area (Å²) in [7, 11) is 1.73. The highest BCUT2D eigenvalue weighted by Crippen LogP contribution is 2.14. The second-order valence-corrected chi connectivity index (χ2v) is 6.11. The molecule has 1 aromatic heterocycles. The minimum absolute atomic E-state index is 0. The van der Waals surface area contributed by atoms with E-state index in [0.29, 0.717) is 12.6 Å². The Hall–Kier alpha value is -0.940. The predicted molar refractivity (Wildman–Crippen MR) is 113 cm³/mol. The summed E-state index contributed by atoms with van der Waals surface area (Å²) in [5.41, 5.74) is 0. The van der Waals surface area contributed by atoms with Crippen molar-refractivity contribution in [3.8, 4) is 0 Å². The number of aliphatic imine (C=N–C) groups is 1. The first-order valence-corrected chi connectivity index (χ1v) is 9.28. The number of aryl methyl sites for hydroxylation is 1. The molecular weight excluding hydrogens is 447 g/mol. The number of guanidine groups is 1. The van der Waals surface area contributed by atoms with Crippen molar-refractivity contribution in [2.45, 2.75) is 52.3 Å². The summed E-state index contributed by atoms with van der Waals surface area (Å²) in [6.07, 6.45) is 5.12. The molecule has 1 fully saturated rings. The lowest BCUT2D eigenvalue weighted by molar-refractivity contribution is 0.00990. The smallest absolute Gasteiger partial charge is 0.194 e.